The van der Waals surface area contributed by atoms with E-state index in [0.29, 0.717) is 5.56 Å². The fourth-order valence-electron chi connectivity index (χ4n) is 3.49. The van der Waals surface area contributed by atoms with Gasteiger partial charge in [0, 0.05) is 6.54 Å². The molecule has 6 heteroatoms. The molecular weight excluding hydrogens is 348 g/mol. The van der Waals surface area contributed by atoms with Gasteiger partial charge in [0.05, 0.1) is 35.6 Å². The Morgan fingerprint density at radius 2 is 1.96 bits per heavy atom. The van der Waals surface area contributed by atoms with Crippen LogP contribution in [0.5, 0.6) is 0 Å². The number of fused-ring (bicyclic) bond motifs is 1. The summed E-state index contributed by atoms with van der Waals surface area (Å²) in [5, 5.41) is 19.6. The van der Waals surface area contributed by atoms with E-state index in [2.05, 4.69) is 56.3 Å². The van der Waals surface area contributed by atoms with Crippen LogP contribution < -0.4 is 16.0 Å². The third-order valence-electron chi connectivity index (χ3n) is 4.97. The minimum absolute atomic E-state index is 0.134. The molecule has 0 spiro atoms. The van der Waals surface area contributed by atoms with E-state index < -0.39 is 0 Å². The van der Waals surface area contributed by atoms with Crippen molar-refractivity contribution < 1.29 is 0 Å². The van der Waals surface area contributed by atoms with Gasteiger partial charge in [0.2, 0.25) is 0 Å². The van der Waals surface area contributed by atoms with E-state index in [4.69, 9.17) is 5.26 Å². The Morgan fingerprint density at radius 1 is 1.14 bits per heavy atom. The van der Waals surface area contributed by atoms with Gasteiger partial charge in [-0.1, -0.05) is 42.5 Å². The zero-order chi connectivity index (χ0) is 19.2. The number of nitrogens with zero attached hydrogens (tertiary/aromatic N) is 3. The molecule has 1 aliphatic heterocycles. The molecule has 6 nitrogen and oxygen atoms in total. The largest absolute Gasteiger partial charge is 0.379 e. The molecule has 3 aromatic rings. The summed E-state index contributed by atoms with van der Waals surface area (Å²) in [5.41, 5.74) is 4.07. The Morgan fingerprint density at radius 3 is 2.75 bits per heavy atom. The van der Waals surface area contributed by atoms with E-state index in [-0.39, 0.29) is 12.1 Å². The van der Waals surface area contributed by atoms with Crippen molar-refractivity contribution in [2.75, 3.05) is 23.7 Å². The van der Waals surface area contributed by atoms with Crippen LogP contribution in [0.4, 0.5) is 11.5 Å². The molecule has 0 fully saturated rings. The van der Waals surface area contributed by atoms with Gasteiger partial charge in [-0.15, -0.1) is 0 Å². The summed E-state index contributed by atoms with van der Waals surface area (Å²) in [5.74, 6) is 0.834. The first-order valence-electron chi connectivity index (χ1n) is 9.41. The molecule has 4 rings (SSSR count). The van der Waals surface area contributed by atoms with Crippen molar-refractivity contribution in [1.82, 2.24) is 15.3 Å². The van der Waals surface area contributed by atoms with Crippen molar-refractivity contribution in [2.24, 2.45) is 0 Å². The molecule has 0 radical (unpaired) electrons. The normalized spacial score (nSPS) is 16.2. The Kier molecular flexibility index (Phi) is 5.46. The number of rotatable bonds is 6. The summed E-state index contributed by atoms with van der Waals surface area (Å²) in [6, 6.07) is 20.7. The van der Waals surface area contributed by atoms with Crippen molar-refractivity contribution >= 4 is 11.5 Å². The average Bonchev–Trinajstić information content (AvgIpc) is 2.77. The van der Waals surface area contributed by atoms with Crippen molar-refractivity contribution in [3.8, 4) is 6.07 Å². The van der Waals surface area contributed by atoms with Gasteiger partial charge in [0.15, 0.2) is 5.82 Å². The quantitative estimate of drug-likeness (QED) is 0.618. The number of aromatic nitrogens is 2. The molecule has 1 aromatic heterocycles. The first-order valence-corrected chi connectivity index (χ1v) is 9.41. The lowest BCUT2D eigenvalue weighted by Gasteiger charge is -2.34. The Bertz CT molecular complexity index is 949. The molecule has 0 saturated carbocycles. The molecular formula is C22H22N6. The predicted octanol–water partition coefficient (Wildman–Crippen LogP) is 3.13. The second kappa shape index (κ2) is 8.51. The molecule has 0 unspecified atom stereocenters. The molecule has 0 bridgehead atoms. The van der Waals surface area contributed by atoms with Gasteiger partial charge in [0.1, 0.15) is 6.33 Å². The monoisotopic (exact) mass is 370 g/mol. The van der Waals surface area contributed by atoms with E-state index in [9.17, 15) is 0 Å². The van der Waals surface area contributed by atoms with Crippen molar-refractivity contribution in [2.45, 2.75) is 18.5 Å². The fraction of sp³-hybridized carbons (Fsp3) is 0.227. The highest BCUT2D eigenvalue weighted by Crippen LogP contribution is 2.27. The van der Waals surface area contributed by atoms with Gasteiger partial charge in [-0.2, -0.15) is 5.26 Å². The second-order valence-electron chi connectivity index (χ2n) is 6.82. The highest BCUT2D eigenvalue weighted by molar-refractivity contribution is 5.65. The smallest absolute Gasteiger partial charge is 0.153 e. The van der Waals surface area contributed by atoms with Crippen molar-refractivity contribution in [1.29, 1.82) is 5.26 Å². The van der Waals surface area contributed by atoms with E-state index >= 15 is 0 Å². The van der Waals surface area contributed by atoms with E-state index in [0.717, 1.165) is 31.0 Å². The number of nitrogens with one attached hydrogen (secondary N) is 3. The predicted molar refractivity (Wildman–Crippen MR) is 110 cm³/mol. The van der Waals surface area contributed by atoms with Crippen LogP contribution in [0.25, 0.3) is 0 Å². The van der Waals surface area contributed by atoms with Crippen molar-refractivity contribution in [3.05, 3.63) is 83.8 Å². The van der Waals surface area contributed by atoms with Crippen LogP contribution in [-0.2, 0) is 6.42 Å². The Labute approximate surface area is 164 Å². The van der Waals surface area contributed by atoms with E-state index in [1.54, 1.807) is 12.5 Å². The first-order chi connectivity index (χ1) is 13.8. The molecule has 2 aromatic carbocycles. The minimum Gasteiger partial charge on any atom is -0.379 e. The Hall–Kier alpha value is -3.43. The zero-order valence-corrected chi connectivity index (χ0v) is 15.5. The molecule has 140 valence electrons. The van der Waals surface area contributed by atoms with Gasteiger partial charge in [0.25, 0.3) is 0 Å². The topological polar surface area (TPSA) is 85.7 Å². The third-order valence-corrected chi connectivity index (χ3v) is 4.97. The summed E-state index contributed by atoms with van der Waals surface area (Å²) >= 11 is 0. The number of anilines is 2. The van der Waals surface area contributed by atoms with Gasteiger partial charge in [-0.25, -0.2) is 9.97 Å². The molecule has 0 saturated heterocycles. The average molecular weight is 370 g/mol. The number of hydrogen-bond acceptors (Lipinski definition) is 6. The highest BCUT2D eigenvalue weighted by Gasteiger charge is 2.27. The molecule has 2 heterocycles. The Balaban J connectivity index is 1.46. The van der Waals surface area contributed by atoms with Crippen LogP contribution in [0, 0.1) is 11.3 Å². The number of hydrogen-bond donors (Lipinski definition) is 3. The third kappa shape index (κ3) is 4.11. The van der Waals surface area contributed by atoms with Crippen LogP contribution in [-0.4, -0.2) is 29.1 Å². The van der Waals surface area contributed by atoms with Gasteiger partial charge in [-0.3, -0.25) is 0 Å². The van der Waals surface area contributed by atoms with E-state index in [1.165, 1.54) is 11.1 Å². The van der Waals surface area contributed by atoms with E-state index in [1.807, 2.05) is 30.3 Å². The maximum absolute atomic E-state index is 8.93. The zero-order valence-electron chi connectivity index (χ0n) is 15.5. The van der Waals surface area contributed by atoms with Crippen LogP contribution in [0.15, 0.2) is 67.1 Å². The van der Waals surface area contributed by atoms with Crippen molar-refractivity contribution in [3.63, 3.8) is 0 Å². The maximum atomic E-state index is 8.93. The SMILES string of the molecule is N#Cc1ccc(CCN[C@H](c2ccccc2)[C@H]2CNc3cncnc3N2)cc1. The van der Waals surface area contributed by atoms with Crippen LogP contribution >= 0.6 is 0 Å². The minimum atomic E-state index is 0.134. The summed E-state index contributed by atoms with van der Waals surface area (Å²) in [6.07, 6.45) is 4.25. The lowest BCUT2D eigenvalue weighted by atomic mass is 9.97. The molecule has 0 amide bonds. The molecule has 0 aliphatic carbocycles. The first kappa shape index (κ1) is 18.0. The summed E-state index contributed by atoms with van der Waals surface area (Å²) in [7, 11) is 0. The van der Waals surface area contributed by atoms with Gasteiger partial charge < -0.3 is 16.0 Å². The summed E-state index contributed by atoms with van der Waals surface area (Å²) in [6.45, 7) is 1.62. The van der Waals surface area contributed by atoms with Crippen LogP contribution in [0.1, 0.15) is 22.7 Å². The molecule has 2 atom stereocenters. The molecule has 1 aliphatic rings. The van der Waals surface area contributed by atoms with Gasteiger partial charge >= 0.3 is 0 Å². The van der Waals surface area contributed by atoms with Gasteiger partial charge in [-0.05, 0) is 36.2 Å². The fourth-order valence-corrected chi connectivity index (χ4v) is 3.49. The number of nitriles is 1. The van der Waals surface area contributed by atoms with Crippen LogP contribution in [0.2, 0.25) is 0 Å². The molecule has 28 heavy (non-hydrogen) atoms. The van der Waals surface area contributed by atoms with Crippen LogP contribution in [0.3, 0.4) is 0 Å². The number of benzene rings is 2. The standard InChI is InChI=1S/C22H22N6/c23-12-17-8-6-16(7-9-17)10-11-25-21(18-4-2-1-3-5-18)19-14-26-20-13-24-15-27-22(20)28-19/h1-9,13,15,19,21,25-26H,10-11,14H2,(H,24,27,28)/t19-,21-/m1/s1. The molecule has 3 N–H and O–H groups in total. The lowest BCUT2D eigenvalue weighted by molar-refractivity contribution is 0.471. The lowest BCUT2D eigenvalue weighted by Crippen LogP contribution is -2.44. The highest BCUT2D eigenvalue weighted by atomic mass is 15.2. The maximum Gasteiger partial charge on any atom is 0.153 e. The summed E-state index contributed by atoms with van der Waals surface area (Å²) < 4.78 is 0. The second-order valence-corrected chi connectivity index (χ2v) is 6.82. The summed E-state index contributed by atoms with van der Waals surface area (Å²) in [4.78, 5) is 8.42.